The van der Waals surface area contributed by atoms with Crippen LogP contribution in [0.4, 0.5) is 35.5 Å². The molecule has 2 unspecified atom stereocenters. The van der Waals surface area contributed by atoms with Crippen LogP contribution < -0.4 is 10.6 Å². The summed E-state index contributed by atoms with van der Waals surface area (Å²) >= 11 is 0. The zero-order chi connectivity index (χ0) is 32.3. The average molecular weight is 631 g/mol. The van der Waals surface area contributed by atoms with Crippen LogP contribution in [0.5, 0.6) is 0 Å². The molecule has 0 spiro atoms. The quantitative estimate of drug-likeness (QED) is 0.193. The van der Waals surface area contributed by atoms with Crippen molar-refractivity contribution in [2.75, 3.05) is 6.54 Å². The lowest BCUT2D eigenvalue weighted by Gasteiger charge is -2.33. The Balaban J connectivity index is 1.64. The number of carbonyl (C=O) groups is 2. The largest absolute Gasteiger partial charge is 0.445 e. The summed E-state index contributed by atoms with van der Waals surface area (Å²) in [5, 5.41) is 4.54. The van der Waals surface area contributed by atoms with E-state index in [1.165, 1.54) is 6.07 Å². The maximum atomic E-state index is 15.9. The molecule has 1 aromatic heterocycles. The molecule has 0 radical (unpaired) electrons. The van der Waals surface area contributed by atoms with Gasteiger partial charge in [-0.2, -0.15) is 0 Å². The number of rotatable bonds is 11. The van der Waals surface area contributed by atoms with Gasteiger partial charge >= 0.3 is 6.09 Å². The van der Waals surface area contributed by atoms with E-state index in [1.54, 1.807) is 30.3 Å². The number of alkyl carbamates (subject to hydrolysis) is 1. The third-order valence-electron chi connectivity index (χ3n) is 7.48. The molecule has 1 saturated carbocycles. The Morgan fingerprint density at radius 2 is 1.70 bits per heavy atom. The molecule has 2 aromatic carbocycles. The van der Waals surface area contributed by atoms with Crippen molar-refractivity contribution in [1.29, 1.82) is 0 Å². The first-order chi connectivity index (χ1) is 20.5. The fourth-order valence-electron chi connectivity index (χ4n) is 5.26. The Morgan fingerprint density at radius 1 is 1.05 bits per heavy atom. The minimum absolute atomic E-state index is 0.00961. The summed E-state index contributed by atoms with van der Waals surface area (Å²) < 4.78 is 104. The van der Waals surface area contributed by atoms with Crippen molar-refractivity contribution in [2.24, 2.45) is 5.92 Å². The first-order valence-electron chi connectivity index (χ1n) is 14.1. The summed E-state index contributed by atoms with van der Waals surface area (Å²) in [6, 6.07) is 10.1. The molecule has 14 heteroatoms. The number of alkyl halides is 6. The van der Waals surface area contributed by atoms with Gasteiger partial charge in [0.2, 0.25) is 17.8 Å². The standard InChI is InChI=1S/C30H33F7N4O3/c1-28(32,33)14-20(26(42)38-16-29(2,34)35)19-8-9-21-24(22(19)31)40-25(39-21)23(18-10-12-30(36,37)13-11-18)41-27(43)44-15-17-6-4-3-5-7-17/h3-9,18,20,23H,10-16H2,1-2H3,(H,38,42)(H,39,40)(H,41,43). The van der Waals surface area contributed by atoms with E-state index in [1.807, 2.05) is 5.32 Å². The average Bonchev–Trinajstić information content (AvgIpc) is 3.38. The smallest absolute Gasteiger partial charge is 0.408 e. The number of carbonyl (C=O) groups excluding carboxylic acids is 2. The first-order valence-corrected chi connectivity index (χ1v) is 14.1. The Kier molecular flexibility index (Phi) is 9.79. The molecule has 0 aliphatic heterocycles. The van der Waals surface area contributed by atoms with Gasteiger partial charge in [-0.3, -0.25) is 4.79 Å². The highest BCUT2D eigenvalue weighted by Crippen LogP contribution is 2.42. The fraction of sp³-hybridized carbons (Fsp3) is 0.500. The number of hydrogen-bond acceptors (Lipinski definition) is 4. The SMILES string of the molecule is CC(F)(F)CNC(=O)C(CC(C)(F)F)c1ccc2[nH]c(C(NC(=O)OCc3ccccc3)C3CCC(F)(F)CC3)nc2c1F. The predicted molar refractivity (Wildman–Crippen MR) is 147 cm³/mol. The Bertz CT molecular complexity index is 1440. The third kappa shape index (κ3) is 8.85. The van der Waals surface area contributed by atoms with Crippen LogP contribution >= 0.6 is 0 Å². The van der Waals surface area contributed by atoms with Crippen LogP contribution in [0.1, 0.15) is 74.9 Å². The fourth-order valence-corrected chi connectivity index (χ4v) is 5.26. The Labute approximate surface area is 248 Å². The molecule has 1 fully saturated rings. The highest BCUT2D eigenvalue weighted by atomic mass is 19.3. The number of aromatic amines is 1. The lowest BCUT2D eigenvalue weighted by atomic mass is 9.82. The molecule has 1 aliphatic rings. The zero-order valence-electron chi connectivity index (χ0n) is 24.0. The normalized spacial score (nSPS) is 17.2. The van der Waals surface area contributed by atoms with E-state index in [9.17, 15) is 35.9 Å². The molecular formula is C30H33F7N4O3. The maximum Gasteiger partial charge on any atom is 0.408 e. The van der Waals surface area contributed by atoms with Crippen LogP contribution in [-0.4, -0.2) is 46.3 Å². The second-order valence-electron chi connectivity index (χ2n) is 11.5. The number of ether oxygens (including phenoxy) is 1. The number of halogens is 7. The van der Waals surface area contributed by atoms with Gasteiger partial charge in [0.05, 0.1) is 24.0 Å². The molecule has 3 N–H and O–H groups in total. The van der Waals surface area contributed by atoms with Crippen molar-refractivity contribution in [3.05, 3.63) is 65.2 Å². The molecular weight excluding hydrogens is 597 g/mol. The highest BCUT2D eigenvalue weighted by Gasteiger charge is 2.40. The molecule has 1 aliphatic carbocycles. The topological polar surface area (TPSA) is 96.1 Å². The third-order valence-corrected chi connectivity index (χ3v) is 7.48. The van der Waals surface area contributed by atoms with Crippen LogP contribution in [0.15, 0.2) is 42.5 Å². The number of hydrogen-bond donors (Lipinski definition) is 3. The van der Waals surface area contributed by atoms with Crippen LogP contribution in [0.25, 0.3) is 11.0 Å². The van der Waals surface area contributed by atoms with Crippen LogP contribution in [-0.2, 0) is 16.1 Å². The van der Waals surface area contributed by atoms with E-state index < -0.39 is 84.8 Å². The van der Waals surface area contributed by atoms with Gasteiger partial charge in [-0.15, -0.1) is 0 Å². The molecule has 3 aromatic rings. The molecule has 2 amide bonds. The molecule has 44 heavy (non-hydrogen) atoms. The summed E-state index contributed by atoms with van der Waals surface area (Å²) in [7, 11) is 0. The van der Waals surface area contributed by atoms with E-state index in [0.717, 1.165) is 6.07 Å². The van der Waals surface area contributed by atoms with Gasteiger partial charge < -0.3 is 20.4 Å². The number of fused-ring (bicyclic) bond motifs is 1. The zero-order valence-corrected chi connectivity index (χ0v) is 24.0. The van der Waals surface area contributed by atoms with E-state index in [4.69, 9.17) is 4.74 Å². The van der Waals surface area contributed by atoms with Gasteiger partial charge in [0.25, 0.3) is 5.92 Å². The lowest BCUT2D eigenvalue weighted by Crippen LogP contribution is -2.39. The van der Waals surface area contributed by atoms with Crippen molar-refractivity contribution in [2.45, 2.75) is 82.3 Å². The summed E-state index contributed by atoms with van der Waals surface area (Å²) in [6.45, 7) is -0.159. The molecule has 7 nitrogen and oxygen atoms in total. The second kappa shape index (κ2) is 13.0. The molecule has 4 rings (SSSR count). The van der Waals surface area contributed by atoms with Gasteiger partial charge in [0, 0.05) is 31.7 Å². The van der Waals surface area contributed by atoms with Gasteiger partial charge in [-0.25, -0.2) is 40.5 Å². The van der Waals surface area contributed by atoms with Crippen molar-refractivity contribution in [3.8, 4) is 0 Å². The maximum absolute atomic E-state index is 15.9. The van der Waals surface area contributed by atoms with Gasteiger partial charge in [0.1, 0.15) is 17.9 Å². The predicted octanol–water partition coefficient (Wildman–Crippen LogP) is 7.40. The molecule has 240 valence electrons. The minimum Gasteiger partial charge on any atom is -0.445 e. The second-order valence-corrected chi connectivity index (χ2v) is 11.5. The number of amides is 2. The van der Waals surface area contributed by atoms with Crippen molar-refractivity contribution in [1.82, 2.24) is 20.6 Å². The summed E-state index contributed by atoms with van der Waals surface area (Å²) in [5.74, 6) is -14.4. The number of aromatic nitrogens is 2. The Morgan fingerprint density at radius 3 is 2.32 bits per heavy atom. The number of nitrogens with one attached hydrogen (secondary N) is 3. The summed E-state index contributed by atoms with van der Waals surface area (Å²) in [5.41, 5.74) is -0.0673. The van der Waals surface area contributed by atoms with E-state index in [0.29, 0.717) is 19.4 Å². The number of benzene rings is 2. The Hall–Kier alpha value is -3.84. The van der Waals surface area contributed by atoms with Crippen LogP contribution in [0.3, 0.4) is 0 Å². The molecule has 0 saturated heterocycles. The van der Waals surface area contributed by atoms with Crippen LogP contribution in [0, 0.1) is 11.7 Å². The number of H-pyrrole nitrogens is 1. The molecule has 0 bridgehead atoms. The lowest BCUT2D eigenvalue weighted by molar-refractivity contribution is -0.126. The number of nitrogens with zero attached hydrogens (tertiary/aromatic N) is 1. The summed E-state index contributed by atoms with van der Waals surface area (Å²) in [4.78, 5) is 32.6. The van der Waals surface area contributed by atoms with Gasteiger partial charge in [-0.05, 0) is 37.3 Å². The van der Waals surface area contributed by atoms with Crippen molar-refractivity contribution >= 4 is 23.0 Å². The van der Waals surface area contributed by atoms with E-state index in [-0.39, 0.29) is 36.3 Å². The molecule has 2 atom stereocenters. The van der Waals surface area contributed by atoms with Crippen molar-refractivity contribution in [3.63, 3.8) is 0 Å². The first kappa shape index (κ1) is 33.1. The van der Waals surface area contributed by atoms with Gasteiger partial charge in [0.15, 0.2) is 5.82 Å². The van der Waals surface area contributed by atoms with E-state index >= 15 is 4.39 Å². The minimum atomic E-state index is -3.45. The van der Waals surface area contributed by atoms with Crippen LogP contribution in [0.2, 0.25) is 0 Å². The molecule has 1 heterocycles. The van der Waals surface area contributed by atoms with Crippen molar-refractivity contribution < 1.29 is 45.1 Å². The summed E-state index contributed by atoms with van der Waals surface area (Å²) in [6.07, 6.45) is -2.89. The monoisotopic (exact) mass is 630 g/mol. The van der Waals surface area contributed by atoms with Gasteiger partial charge in [-0.1, -0.05) is 36.4 Å². The number of imidazole rings is 1. The highest BCUT2D eigenvalue weighted by molar-refractivity contribution is 5.86. The van der Waals surface area contributed by atoms with E-state index in [2.05, 4.69) is 15.3 Å².